The first-order valence-electron chi connectivity index (χ1n) is 9.30. The maximum Gasteiger partial charge on any atom is 0.243 e. The molecule has 1 heterocycles. The number of benzene rings is 2. The van der Waals surface area contributed by atoms with E-state index >= 15 is 0 Å². The number of piperidine rings is 1. The van der Waals surface area contributed by atoms with Crippen molar-refractivity contribution >= 4 is 37.5 Å². The van der Waals surface area contributed by atoms with Crippen molar-refractivity contribution in [2.24, 2.45) is 5.92 Å². The largest absolute Gasteiger partial charge is 0.315 e. The molecule has 2 aromatic carbocycles. The van der Waals surface area contributed by atoms with Crippen LogP contribution in [0.5, 0.6) is 0 Å². The van der Waals surface area contributed by atoms with Crippen LogP contribution < -0.4 is 4.90 Å². The number of carbonyl (C=O) groups is 1. The summed E-state index contributed by atoms with van der Waals surface area (Å²) >= 11 is 3.44. The number of aryl methyl sites for hydroxylation is 2. The van der Waals surface area contributed by atoms with Crippen LogP contribution >= 0.6 is 15.9 Å². The molecule has 7 heteroatoms. The number of hydrogen-bond donors (Lipinski definition) is 0. The van der Waals surface area contributed by atoms with Gasteiger partial charge in [-0.05, 0) is 62.6 Å². The second-order valence-electron chi connectivity index (χ2n) is 7.32. The topological polar surface area (TPSA) is 57.7 Å². The third kappa shape index (κ3) is 4.31. The zero-order valence-corrected chi connectivity index (χ0v) is 18.8. The number of halogens is 1. The average molecular weight is 465 g/mol. The lowest BCUT2D eigenvalue weighted by Gasteiger charge is -2.33. The van der Waals surface area contributed by atoms with Gasteiger partial charge in [-0.25, -0.2) is 8.42 Å². The summed E-state index contributed by atoms with van der Waals surface area (Å²) in [5.74, 6) is -0.129. The molecule has 0 N–H and O–H groups in total. The molecule has 1 amide bonds. The number of amides is 1. The number of hydrogen-bond acceptors (Lipinski definition) is 3. The van der Waals surface area contributed by atoms with Crippen LogP contribution in [0.4, 0.5) is 5.69 Å². The summed E-state index contributed by atoms with van der Waals surface area (Å²) < 4.78 is 28.1. The van der Waals surface area contributed by atoms with Crippen molar-refractivity contribution in [3.63, 3.8) is 0 Å². The first kappa shape index (κ1) is 21.0. The highest BCUT2D eigenvalue weighted by atomic mass is 79.9. The summed E-state index contributed by atoms with van der Waals surface area (Å²) in [6.07, 6.45) is 1.06. The Balaban J connectivity index is 1.67. The van der Waals surface area contributed by atoms with Crippen LogP contribution in [0.2, 0.25) is 0 Å². The van der Waals surface area contributed by atoms with E-state index in [9.17, 15) is 13.2 Å². The second-order valence-corrected chi connectivity index (χ2v) is 10.2. The molecule has 150 valence electrons. The van der Waals surface area contributed by atoms with Crippen LogP contribution in [0.1, 0.15) is 24.0 Å². The number of nitrogens with zero attached hydrogens (tertiary/aromatic N) is 2. The molecule has 1 fully saturated rings. The lowest BCUT2D eigenvalue weighted by atomic mass is 9.96. The lowest BCUT2D eigenvalue weighted by Crippen LogP contribution is -2.43. The third-order valence-electron chi connectivity index (χ3n) is 5.31. The van der Waals surface area contributed by atoms with Crippen molar-refractivity contribution in [3.05, 3.63) is 58.1 Å². The van der Waals surface area contributed by atoms with Gasteiger partial charge in [0.15, 0.2) is 0 Å². The van der Waals surface area contributed by atoms with Crippen LogP contribution in [0.25, 0.3) is 0 Å². The molecule has 0 unspecified atom stereocenters. The molecule has 0 spiro atoms. The fourth-order valence-corrected chi connectivity index (χ4v) is 5.54. The van der Waals surface area contributed by atoms with Gasteiger partial charge in [0.1, 0.15) is 0 Å². The van der Waals surface area contributed by atoms with E-state index in [0.29, 0.717) is 30.8 Å². The third-order valence-corrected chi connectivity index (χ3v) is 7.72. The Morgan fingerprint density at radius 2 is 1.68 bits per heavy atom. The van der Waals surface area contributed by atoms with Gasteiger partial charge in [-0.3, -0.25) is 4.79 Å². The van der Waals surface area contributed by atoms with Crippen LogP contribution in [-0.4, -0.2) is 38.8 Å². The molecule has 0 atom stereocenters. The Kier molecular flexibility index (Phi) is 6.27. The Hall–Kier alpha value is -1.70. The van der Waals surface area contributed by atoms with E-state index in [1.165, 1.54) is 4.31 Å². The van der Waals surface area contributed by atoms with Gasteiger partial charge in [0, 0.05) is 36.2 Å². The number of anilines is 1. The molecule has 3 rings (SSSR count). The molecule has 1 saturated heterocycles. The Bertz CT molecular complexity index is 966. The monoisotopic (exact) mass is 464 g/mol. The summed E-state index contributed by atoms with van der Waals surface area (Å²) in [5, 5.41) is 0. The quantitative estimate of drug-likeness (QED) is 0.683. The fourth-order valence-electron chi connectivity index (χ4n) is 3.59. The average Bonchev–Trinajstić information content (AvgIpc) is 2.67. The maximum atomic E-state index is 12.9. The first-order chi connectivity index (χ1) is 13.2. The normalized spacial score (nSPS) is 16.1. The summed E-state index contributed by atoms with van der Waals surface area (Å²) in [5.41, 5.74) is 2.92. The second kappa shape index (κ2) is 8.35. The molecule has 0 aromatic heterocycles. The highest BCUT2D eigenvalue weighted by Gasteiger charge is 2.33. The Labute approximate surface area is 175 Å². The van der Waals surface area contributed by atoms with Crippen LogP contribution in [0.15, 0.2) is 51.8 Å². The fraction of sp³-hybridized carbons (Fsp3) is 0.381. The van der Waals surface area contributed by atoms with E-state index in [1.807, 2.05) is 32.0 Å². The van der Waals surface area contributed by atoms with E-state index in [0.717, 1.165) is 21.3 Å². The van der Waals surface area contributed by atoms with Gasteiger partial charge < -0.3 is 4.90 Å². The van der Waals surface area contributed by atoms with Gasteiger partial charge in [-0.2, -0.15) is 4.31 Å². The van der Waals surface area contributed by atoms with Crippen molar-refractivity contribution in [1.82, 2.24) is 4.31 Å². The van der Waals surface area contributed by atoms with Crippen molar-refractivity contribution in [1.29, 1.82) is 0 Å². The summed E-state index contributed by atoms with van der Waals surface area (Å²) in [4.78, 5) is 14.9. The molecule has 0 bridgehead atoms. The van der Waals surface area contributed by atoms with E-state index in [4.69, 9.17) is 0 Å². The predicted octanol–water partition coefficient (Wildman–Crippen LogP) is 4.13. The molecular weight excluding hydrogens is 440 g/mol. The number of sulfonamides is 1. The maximum absolute atomic E-state index is 12.9. The van der Waals surface area contributed by atoms with Gasteiger partial charge >= 0.3 is 0 Å². The SMILES string of the molecule is Cc1ccc(S(=O)(=O)N2CCC(C(=O)N(C)c3ccc(Br)cc3C)CC2)cc1. The van der Waals surface area contributed by atoms with Crippen molar-refractivity contribution in [3.8, 4) is 0 Å². The van der Waals surface area contributed by atoms with Gasteiger partial charge in [-0.15, -0.1) is 0 Å². The minimum Gasteiger partial charge on any atom is -0.315 e. The standard InChI is InChI=1S/C21H25BrN2O3S/c1-15-4-7-19(8-5-15)28(26,27)24-12-10-17(11-13-24)21(25)23(3)20-9-6-18(22)14-16(20)2/h4-9,14,17H,10-13H2,1-3H3. The summed E-state index contributed by atoms with van der Waals surface area (Å²) in [7, 11) is -1.72. The molecule has 0 radical (unpaired) electrons. The molecule has 28 heavy (non-hydrogen) atoms. The van der Waals surface area contributed by atoms with Gasteiger partial charge in [-0.1, -0.05) is 33.6 Å². The zero-order chi connectivity index (χ0) is 20.5. The number of rotatable bonds is 4. The van der Waals surface area contributed by atoms with Crippen LogP contribution in [0, 0.1) is 19.8 Å². The summed E-state index contributed by atoms with van der Waals surface area (Å²) in [6, 6.07) is 12.7. The lowest BCUT2D eigenvalue weighted by molar-refractivity contribution is -0.123. The van der Waals surface area contributed by atoms with Crippen molar-refractivity contribution in [2.75, 3.05) is 25.0 Å². The van der Waals surface area contributed by atoms with Gasteiger partial charge in [0.2, 0.25) is 15.9 Å². The molecule has 1 aliphatic heterocycles. The number of carbonyl (C=O) groups excluding carboxylic acids is 1. The highest BCUT2D eigenvalue weighted by Crippen LogP contribution is 2.28. The Morgan fingerprint density at radius 1 is 1.07 bits per heavy atom. The molecule has 5 nitrogen and oxygen atoms in total. The highest BCUT2D eigenvalue weighted by molar-refractivity contribution is 9.10. The zero-order valence-electron chi connectivity index (χ0n) is 16.4. The molecular formula is C21H25BrN2O3S. The molecule has 2 aromatic rings. The minimum atomic E-state index is -3.51. The van der Waals surface area contributed by atoms with E-state index in [-0.39, 0.29) is 11.8 Å². The molecule has 0 aliphatic carbocycles. The summed E-state index contributed by atoms with van der Waals surface area (Å²) in [6.45, 7) is 4.62. The van der Waals surface area contributed by atoms with E-state index in [2.05, 4.69) is 15.9 Å². The van der Waals surface area contributed by atoms with Gasteiger partial charge in [0.05, 0.1) is 4.90 Å². The predicted molar refractivity (Wildman–Crippen MR) is 115 cm³/mol. The van der Waals surface area contributed by atoms with Crippen LogP contribution in [-0.2, 0) is 14.8 Å². The molecule has 1 aliphatic rings. The van der Waals surface area contributed by atoms with Gasteiger partial charge in [0.25, 0.3) is 0 Å². The molecule has 0 saturated carbocycles. The first-order valence-corrected chi connectivity index (χ1v) is 11.5. The van der Waals surface area contributed by atoms with Crippen LogP contribution in [0.3, 0.4) is 0 Å². The van der Waals surface area contributed by atoms with Crippen molar-refractivity contribution < 1.29 is 13.2 Å². The smallest absolute Gasteiger partial charge is 0.243 e. The van der Waals surface area contributed by atoms with E-state index in [1.54, 1.807) is 36.2 Å². The van der Waals surface area contributed by atoms with E-state index < -0.39 is 10.0 Å². The Morgan fingerprint density at radius 3 is 2.25 bits per heavy atom. The van der Waals surface area contributed by atoms with Crippen molar-refractivity contribution in [2.45, 2.75) is 31.6 Å². The minimum absolute atomic E-state index is 0.0396.